The first-order valence-electron chi connectivity index (χ1n) is 8.12. The summed E-state index contributed by atoms with van der Waals surface area (Å²) in [5.74, 6) is -1.36. The summed E-state index contributed by atoms with van der Waals surface area (Å²) in [6.45, 7) is 3.42. The zero-order chi connectivity index (χ0) is 15.4. The number of carbonyl (C=O) groups excluding carboxylic acids is 1. The molecule has 1 heterocycles. The molecule has 5 nitrogen and oxygen atoms in total. The van der Waals surface area contributed by atoms with E-state index in [0.29, 0.717) is 25.3 Å². The topological polar surface area (TPSA) is 66.8 Å². The van der Waals surface area contributed by atoms with Gasteiger partial charge in [-0.1, -0.05) is 13.3 Å². The fraction of sp³-hybridized carbons (Fsp3) is 0.875. The van der Waals surface area contributed by atoms with Crippen LogP contribution in [0.15, 0.2) is 0 Å². The molecule has 4 atom stereocenters. The Morgan fingerprint density at radius 1 is 1.24 bits per heavy atom. The third kappa shape index (κ3) is 3.96. The van der Waals surface area contributed by atoms with Crippen molar-refractivity contribution in [3.05, 3.63) is 0 Å². The number of hydrogen-bond acceptors (Lipinski definition) is 3. The molecule has 1 aliphatic carbocycles. The van der Waals surface area contributed by atoms with E-state index >= 15 is 0 Å². The second-order valence-electron chi connectivity index (χ2n) is 6.50. The molecule has 1 amide bonds. The molecule has 0 aromatic rings. The molecule has 0 spiro atoms. The van der Waals surface area contributed by atoms with Crippen LogP contribution in [0.1, 0.15) is 45.4 Å². The first-order chi connectivity index (χ1) is 10.0. The Bertz CT molecular complexity index is 378. The zero-order valence-electron chi connectivity index (χ0n) is 13.1. The number of nitrogens with zero attached hydrogens (tertiary/aromatic N) is 1. The van der Waals surface area contributed by atoms with Crippen molar-refractivity contribution in [3.8, 4) is 0 Å². The third-order valence-electron chi connectivity index (χ3n) is 5.00. The molecule has 120 valence electrons. The Labute approximate surface area is 126 Å². The van der Waals surface area contributed by atoms with Gasteiger partial charge in [-0.2, -0.15) is 0 Å². The largest absolute Gasteiger partial charge is 0.481 e. The summed E-state index contributed by atoms with van der Waals surface area (Å²) in [4.78, 5) is 25.7. The summed E-state index contributed by atoms with van der Waals surface area (Å²) in [5, 5.41) is 9.35. The second-order valence-corrected chi connectivity index (χ2v) is 6.50. The van der Waals surface area contributed by atoms with Crippen molar-refractivity contribution >= 4 is 11.9 Å². The summed E-state index contributed by atoms with van der Waals surface area (Å²) in [6.07, 6.45) is 5.63. The van der Waals surface area contributed by atoms with Crippen molar-refractivity contribution in [1.29, 1.82) is 0 Å². The molecule has 0 radical (unpaired) electrons. The zero-order valence-corrected chi connectivity index (χ0v) is 13.1. The lowest BCUT2D eigenvalue weighted by Crippen LogP contribution is -2.42. The molecule has 2 aliphatic rings. The van der Waals surface area contributed by atoms with Gasteiger partial charge in [0.2, 0.25) is 5.91 Å². The minimum Gasteiger partial charge on any atom is -0.481 e. The number of hydrogen-bond donors (Lipinski definition) is 1. The van der Waals surface area contributed by atoms with Crippen molar-refractivity contribution < 1.29 is 19.4 Å². The highest BCUT2D eigenvalue weighted by atomic mass is 16.5. The Hall–Kier alpha value is -1.10. The Morgan fingerprint density at radius 2 is 1.95 bits per heavy atom. The average Bonchev–Trinajstić information content (AvgIpc) is 2.92. The molecule has 2 fully saturated rings. The predicted molar refractivity (Wildman–Crippen MR) is 78.9 cm³/mol. The molecule has 0 aromatic carbocycles. The Kier molecular flexibility index (Phi) is 5.62. The van der Waals surface area contributed by atoms with Gasteiger partial charge in [0, 0.05) is 20.2 Å². The lowest BCUT2D eigenvalue weighted by atomic mass is 9.94. The first-order valence-corrected chi connectivity index (χ1v) is 8.12. The van der Waals surface area contributed by atoms with Crippen LogP contribution in [-0.2, 0) is 14.3 Å². The highest BCUT2D eigenvalue weighted by molar-refractivity contribution is 5.85. The minimum absolute atomic E-state index is 0.0208. The van der Waals surface area contributed by atoms with Gasteiger partial charge < -0.3 is 14.7 Å². The average molecular weight is 297 g/mol. The Morgan fingerprint density at radius 3 is 2.52 bits per heavy atom. The molecule has 4 unspecified atom stereocenters. The fourth-order valence-electron chi connectivity index (χ4n) is 3.65. The van der Waals surface area contributed by atoms with E-state index in [1.54, 1.807) is 11.9 Å². The summed E-state index contributed by atoms with van der Waals surface area (Å²) >= 11 is 0. The number of carboxylic acid groups (broad SMARTS) is 1. The van der Waals surface area contributed by atoms with Crippen molar-refractivity contribution in [1.82, 2.24) is 4.90 Å². The fourth-order valence-corrected chi connectivity index (χ4v) is 3.65. The molecular formula is C16H27NO4. The van der Waals surface area contributed by atoms with E-state index < -0.39 is 11.9 Å². The van der Waals surface area contributed by atoms with E-state index in [0.717, 1.165) is 32.3 Å². The number of amides is 1. The number of likely N-dealkylation sites (N-methyl/N-ethyl adjacent to an activating group) is 1. The summed E-state index contributed by atoms with van der Waals surface area (Å²) < 4.78 is 5.67. The van der Waals surface area contributed by atoms with E-state index in [4.69, 9.17) is 4.74 Å². The lowest BCUT2D eigenvalue weighted by Gasteiger charge is -2.29. The first kappa shape index (κ1) is 16.3. The van der Waals surface area contributed by atoms with Gasteiger partial charge in [0.15, 0.2) is 0 Å². The third-order valence-corrected chi connectivity index (χ3v) is 5.00. The van der Waals surface area contributed by atoms with Crippen LogP contribution in [-0.4, -0.2) is 48.2 Å². The van der Waals surface area contributed by atoms with Crippen molar-refractivity contribution in [3.63, 3.8) is 0 Å². The molecule has 0 bridgehead atoms. The van der Waals surface area contributed by atoms with Gasteiger partial charge in [0.25, 0.3) is 0 Å². The van der Waals surface area contributed by atoms with Gasteiger partial charge in [-0.05, 0) is 38.0 Å². The summed E-state index contributed by atoms with van der Waals surface area (Å²) in [6, 6.07) is 0. The second kappa shape index (κ2) is 7.25. The molecule has 1 N–H and O–H groups in total. The molecule has 1 aliphatic heterocycles. The quantitative estimate of drug-likeness (QED) is 0.844. The van der Waals surface area contributed by atoms with Crippen LogP contribution >= 0.6 is 0 Å². The molecule has 2 rings (SSSR count). The number of aliphatic carboxylic acids is 1. The normalized spacial score (nSPS) is 32.9. The van der Waals surface area contributed by atoms with E-state index in [-0.39, 0.29) is 17.9 Å². The van der Waals surface area contributed by atoms with E-state index in [9.17, 15) is 14.7 Å². The van der Waals surface area contributed by atoms with Crippen LogP contribution in [0.5, 0.6) is 0 Å². The van der Waals surface area contributed by atoms with Crippen molar-refractivity contribution in [2.45, 2.75) is 51.6 Å². The highest BCUT2D eigenvalue weighted by Gasteiger charge is 2.43. The van der Waals surface area contributed by atoms with Crippen LogP contribution in [0.2, 0.25) is 0 Å². The van der Waals surface area contributed by atoms with Crippen LogP contribution < -0.4 is 0 Å². The summed E-state index contributed by atoms with van der Waals surface area (Å²) in [7, 11) is 1.78. The van der Waals surface area contributed by atoms with Gasteiger partial charge in [0.05, 0.1) is 17.9 Å². The van der Waals surface area contributed by atoms with Gasteiger partial charge in [-0.15, -0.1) is 0 Å². The maximum absolute atomic E-state index is 12.6. The SMILES string of the molecule is CCC1CC(C(=O)O)C(C(=O)N(C)CC2CCCCO2)C1. The van der Waals surface area contributed by atoms with Crippen LogP contribution in [0.25, 0.3) is 0 Å². The highest BCUT2D eigenvalue weighted by Crippen LogP contribution is 2.39. The molecule has 5 heteroatoms. The van der Waals surface area contributed by atoms with Gasteiger partial charge in [-0.3, -0.25) is 9.59 Å². The van der Waals surface area contributed by atoms with Crippen LogP contribution in [0, 0.1) is 17.8 Å². The van der Waals surface area contributed by atoms with E-state index in [2.05, 4.69) is 6.92 Å². The number of carbonyl (C=O) groups is 2. The maximum Gasteiger partial charge on any atom is 0.307 e. The maximum atomic E-state index is 12.6. The standard InChI is InChI=1S/C16H27NO4/c1-3-11-8-13(14(9-11)16(19)20)15(18)17(2)10-12-6-4-5-7-21-12/h11-14H,3-10H2,1-2H3,(H,19,20). The molecule has 1 saturated heterocycles. The molecular weight excluding hydrogens is 270 g/mol. The Balaban J connectivity index is 1.94. The summed E-state index contributed by atoms with van der Waals surface area (Å²) in [5.41, 5.74) is 0. The minimum atomic E-state index is -0.827. The molecule has 21 heavy (non-hydrogen) atoms. The van der Waals surface area contributed by atoms with Crippen molar-refractivity contribution in [2.24, 2.45) is 17.8 Å². The molecule has 1 saturated carbocycles. The lowest BCUT2D eigenvalue weighted by molar-refractivity contribution is -0.149. The van der Waals surface area contributed by atoms with E-state index in [1.807, 2.05) is 0 Å². The predicted octanol–water partition coefficient (Wildman–Crippen LogP) is 2.15. The van der Waals surface area contributed by atoms with Crippen molar-refractivity contribution in [2.75, 3.05) is 20.2 Å². The van der Waals surface area contributed by atoms with Gasteiger partial charge in [0.1, 0.15) is 0 Å². The van der Waals surface area contributed by atoms with Crippen LogP contribution in [0.4, 0.5) is 0 Å². The number of carboxylic acids is 1. The van der Waals surface area contributed by atoms with Gasteiger partial charge in [-0.25, -0.2) is 0 Å². The number of rotatable bonds is 5. The monoisotopic (exact) mass is 297 g/mol. The number of ether oxygens (including phenoxy) is 1. The van der Waals surface area contributed by atoms with Gasteiger partial charge >= 0.3 is 5.97 Å². The smallest absolute Gasteiger partial charge is 0.307 e. The van der Waals surface area contributed by atoms with E-state index in [1.165, 1.54) is 0 Å². The molecule has 0 aromatic heterocycles. The van der Waals surface area contributed by atoms with Crippen LogP contribution in [0.3, 0.4) is 0 Å².